The molecule has 0 spiro atoms. The van der Waals surface area contributed by atoms with Crippen molar-refractivity contribution in [1.82, 2.24) is 0 Å². The molecular formula is C24H15BF15P. The Morgan fingerprint density at radius 2 is 0.561 bits per heavy atom. The van der Waals surface area contributed by atoms with Crippen LogP contribution in [0.15, 0.2) is 0 Å². The maximum atomic E-state index is 17.0. The monoisotopic (exact) mass is 630 g/mol. The first-order valence-electron chi connectivity index (χ1n) is 11.5. The minimum atomic E-state index is -6.79. The molecule has 3 aromatic rings. The summed E-state index contributed by atoms with van der Waals surface area (Å²) in [6.07, 6.45) is -7.19. The lowest BCUT2D eigenvalue weighted by Crippen LogP contribution is -2.70. The molecule has 0 aliphatic rings. The molecule has 3 rings (SSSR count). The van der Waals surface area contributed by atoms with E-state index in [4.69, 9.17) is 0 Å². The fourth-order valence-corrected chi connectivity index (χ4v) is 8.24. The molecule has 0 radical (unpaired) electrons. The van der Waals surface area contributed by atoms with E-state index in [1.165, 1.54) is 20.8 Å². The summed E-state index contributed by atoms with van der Waals surface area (Å²) in [6.45, 7) is 4.07. The Balaban J connectivity index is 2.77. The molecule has 0 saturated carbocycles. The van der Waals surface area contributed by atoms with Crippen LogP contribution in [0.1, 0.15) is 20.8 Å². The number of rotatable bonds is 7. The van der Waals surface area contributed by atoms with Crippen molar-refractivity contribution in [3.63, 3.8) is 0 Å². The van der Waals surface area contributed by atoms with E-state index >= 15 is 21.9 Å². The normalized spacial score (nSPS) is 12.4. The van der Waals surface area contributed by atoms with Crippen LogP contribution in [0.4, 0.5) is 65.8 Å². The Hall–Kier alpha value is -2.90. The lowest BCUT2D eigenvalue weighted by molar-refractivity contribution is 0.380. The molecule has 0 bridgehead atoms. The van der Waals surface area contributed by atoms with Crippen molar-refractivity contribution in [3.05, 3.63) is 81.4 Å². The Morgan fingerprint density at radius 1 is 0.366 bits per heavy atom. The molecule has 0 fully saturated rings. The van der Waals surface area contributed by atoms with Crippen molar-refractivity contribution in [2.45, 2.75) is 20.8 Å². The highest BCUT2D eigenvalue weighted by molar-refractivity contribution is 7.82. The minimum absolute atomic E-state index is 0.132. The number of halogens is 15. The van der Waals surface area contributed by atoms with Crippen molar-refractivity contribution >= 4 is 35.4 Å². The summed E-state index contributed by atoms with van der Waals surface area (Å²) >= 11 is 0. The average molecular weight is 630 g/mol. The number of hydrogen-bond donors (Lipinski definition) is 0. The van der Waals surface area contributed by atoms with E-state index in [-0.39, 0.29) is 18.5 Å². The molecule has 41 heavy (non-hydrogen) atoms. The fourth-order valence-electron chi connectivity index (χ4n) is 4.92. The minimum Gasteiger partial charge on any atom is -0.498 e. The van der Waals surface area contributed by atoms with Crippen molar-refractivity contribution in [2.24, 2.45) is 0 Å². The molecule has 0 N–H and O–H groups in total. The number of hydrogen-bond acceptors (Lipinski definition) is 0. The molecule has 0 nitrogen and oxygen atoms in total. The molecule has 0 saturated heterocycles. The highest BCUT2D eigenvalue weighted by Gasteiger charge is 2.51. The zero-order valence-electron chi connectivity index (χ0n) is 20.8. The molecule has 0 aliphatic heterocycles. The quantitative estimate of drug-likeness (QED) is 0.0950. The molecule has 0 atom stereocenters. The zero-order chi connectivity index (χ0) is 31.5. The van der Waals surface area contributed by atoms with Crippen molar-refractivity contribution in [2.75, 3.05) is 18.5 Å². The standard InChI is InChI=1S/C24H15BF15P/c1-4-41(5-2,6-3)24-22(38)14(30)9(15(31)23(24)39)25(40,7-10(26)16(32)20(36)17(33)11(7)27)8-12(28)18(34)21(37)19(35)13(8)29/h4-6H2,1-3H3. The third-order valence-electron chi connectivity index (χ3n) is 7.25. The lowest BCUT2D eigenvalue weighted by atomic mass is 9.30. The van der Waals surface area contributed by atoms with Gasteiger partial charge in [-0.3, -0.25) is 0 Å². The predicted octanol–water partition coefficient (Wildman–Crippen LogP) is 6.27. The predicted molar refractivity (Wildman–Crippen MR) is 123 cm³/mol. The topological polar surface area (TPSA) is 0 Å². The summed E-state index contributed by atoms with van der Waals surface area (Å²) in [6, 6.07) is 0. The second-order valence-corrected chi connectivity index (χ2v) is 13.5. The van der Waals surface area contributed by atoms with Gasteiger partial charge in [-0.25, -0.2) is 52.7 Å². The van der Waals surface area contributed by atoms with E-state index in [0.29, 0.717) is 0 Å². The second-order valence-electron chi connectivity index (χ2n) is 8.84. The van der Waals surface area contributed by atoms with Crippen LogP contribution in [0.2, 0.25) is 0 Å². The van der Waals surface area contributed by atoms with Gasteiger partial charge in [-0.1, -0.05) is 16.4 Å². The highest BCUT2D eigenvalue weighted by atomic mass is 31.2. The molecule has 0 unspecified atom stereocenters. The van der Waals surface area contributed by atoms with Crippen molar-refractivity contribution in [1.29, 1.82) is 0 Å². The van der Waals surface area contributed by atoms with Crippen LogP contribution in [0.3, 0.4) is 0 Å². The summed E-state index contributed by atoms with van der Waals surface area (Å²) in [5, 5.41) is -1.31. The van der Waals surface area contributed by atoms with Gasteiger partial charge in [0, 0.05) is 0 Å². The van der Waals surface area contributed by atoms with E-state index < -0.39 is 117 Å². The Morgan fingerprint density at radius 3 is 0.780 bits per heavy atom. The van der Waals surface area contributed by atoms with Crippen molar-refractivity contribution in [3.8, 4) is 0 Å². The molecule has 3 aromatic carbocycles. The third-order valence-corrected chi connectivity index (χ3v) is 12.2. The maximum absolute atomic E-state index is 17.0. The van der Waals surface area contributed by atoms with E-state index in [1.807, 2.05) is 0 Å². The molecule has 0 heterocycles. The van der Waals surface area contributed by atoms with Crippen LogP contribution in [-0.4, -0.2) is 24.9 Å². The molecule has 17 heteroatoms. The summed E-state index contributed by atoms with van der Waals surface area (Å²) in [5.74, 6) is -42.8. The fraction of sp³-hybridized carbons (Fsp3) is 0.250. The van der Waals surface area contributed by atoms with Crippen LogP contribution in [0.25, 0.3) is 0 Å². The summed E-state index contributed by atoms with van der Waals surface area (Å²) in [7, 11) is -3.20. The first-order chi connectivity index (χ1) is 18.9. The highest BCUT2D eigenvalue weighted by Crippen LogP contribution is 2.57. The SMILES string of the molecule is CC[P+](CC)(CC)c1c(F)c(F)c([B-](F)(c2c(F)c(F)c(F)c(F)c2F)c2c(F)c(F)c(F)c(F)c2F)c(F)c1F. The molecular weight excluding hydrogens is 615 g/mol. The lowest BCUT2D eigenvalue weighted by Gasteiger charge is -2.37. The Kier molecular flexibility index (Phi) is 8.81. The van der Waals surface area contributed by atoms with E-state index in [9.17, 15) is 43.9 Å². The largest absolute Gasteiger partial charge is 0.498 e. The first kappa shape index (κ1) is 32.6. The maximum Gasteiger partial charge on any atom is 0.251 e. The van der Waals surface area contributed by atoms with Crippen LogP contribution in [0, 0.1) is 81.4 Å². The van der Waals surface area contributed by atoms with Gasteiger partial charge >= 0.3 is 0 Å². The van der Waals surface area contributed by atoms with Gasteiger partial charge in [0.1, 0.15) is 34.9 Å². The Labute approximate surface area is 222 Å². The molecule has 0 amide bonds. The summed E-state index contributed by atoms with van der Waals surface area (Å²) in [4.78, 5) is 0. The van der Waals surface area contributed by atoms with Crippen LogP contribution >= 0.6 is 7.26 Å². The van der Waals surface area contributed by atoms with Gasteiger partial charge in [-0.2, -0.15) is 8.78 Å². The number of benzene rings is 3. The van der Waals surface area contributed by atoms with E-state index in [0.717, 1.165) is 0 Å². The van der Waals surface area contributed by atoms with Gasteiger partial charge in [0.15, 0.2) is 40.2 Å². The summed E-state index contributed by atoms with van der Waals surface area (Å²) < 4.78 is 222. The van der Waals surface area contributed by atoms with Gasteiger partial charge in [-0.15, -0.1) is 0 Å². The Bertz CT molecular complexity index is 1400. The van der Waals surface area contributed by atoms with Gasteiger partial charge in [-0.05, 0) is 20.8 Å². The first-order valence-corrected chi connectivity index (χ1v) is 13.9. The zero-order valence-corrected chi connectivity index (χ0v) is 21.7. The van der Waals surface area contributed by atoms with Gasteiger partial charge in [0.25, 0.3) is 6.42 Å². The summed E-state index contributed by atoms with van der Waals surface area (Å²) in [5.41, 5.74) is -9.33. The third kappa shape index (κ3) is 4.39. The van der Waals surface area contributed by atoms with Gasteiger partial charge in [0.05, 0.1) is 25.7 Å². The van der Waals surface area contributed by atoms with Gasteiger partial charge < -0.3 is 4.32 Å². The smallest absolute Gasteiger partial charge is 0.251 e. The molecule has 0 aromatic heterocycles. The van der Waals surface area contributed by atoms with Crippen LogP contribution < -0.4 is 21.7 Å². The van der Waals surface area contributed by atoms with Gasteiger partial charge in [0.2, 0.25) is 11.6 Å². The average Bonchev–Trinajstić information content (AvgIpc) is 2.94. The molecule has 224 valence electrons. The van der Waals surface area contributed by atoms with E-state index in [2.05, 4.69) is 0 Å². The van der Waals surface area contributed by atoms with Crippen LogP contribution in [0.5, 0.6) is 0 Å². The van der Waals surface area contributed by atoms with Crippen LogP contribution in [-0.2, 0) is 0 Å². The second kappa shape index (κ2) is 11.1. The molecule has 0 aliphatic carbocycles. The van der Waals surface area contributed by atoms with Crippen molar-refractivity contribution < 1.29 is 65.8 Å². The van der Waals surface area contributed by atoms with E-state index in [1.54, 1.807) is 0 Å².